The molecule has 0 saturated heterocycles. The molecular formula is C52H34N2S3. The van der Waals surface area contributed by atoms with Gasteiger partial charge in [0.2, 0.25) is 0 Å². The van der Waals surface area contributed by atoms with Crippen LogP contribution in [0.25, 0.3) is 62.6 Å². The summed E-state index contributed by atoms with van der Waals surface area (Å²) in [5.74, 6) is 0. The van der Waals surface area contributed by atoms with Crippen molar-refractivity contribution in [2.45, 2.75) is 0 Å². The summed E-state index contributed by atoms with van der Waals surface area (Å²) in [5, 5.41) is 9.72. The van der Waals surface area contributed by atoms with Gasteiger partial charge in [-0.3, -0.25) is 0 Å². The highest BCUT2D eigenvalue weighted by Gasteiger charge is 2.22. The molecule has 3 heterocycles. The van der Waals surface area contributed by atoms with Crippen molar-refractivity contribution in [2.75, 3.05) is 9.80 Å². The van der Waals surface area contributed by atoms with Gasteiger partial charge in [0.15, 0.2) is 0 Å². The first-order valence-electron chi connectivity index (χ1n) is 19.1. The van der Waals surface area contributed by atoms with E-state index in [2.05, 4.69) is 216 Å². The Kier molecular flexibility index (Phi) is 8.43. The molecule has 11 rings (SSSR count). The van der Waals surface area contributed by atoms with Crippen LogP contribution in [-0.4, -0.2) is 0 Å². The lowest BCUT2D eigenvalue weighted by Crippen LogP contribution is -2.10. The summed E-state index contributed by atoms with van der Waals surface area (Å²) in [4.78, 5) is 7.41. The fourth-order valence-electron chi connectivity index (χ4n) is 7.93. The molecule has 0 amide bonds. The van der Waals surface area contributed by atoms with E-state index >= 15 is 0 Å². The van der Waals surface area contributed by atoms with Gasteiger partial charge in [0.25, 0.3) is 0 Å². The van der Waals surface area contributed by atoms with Gasteiger partial charge >= 0.3 is 0 Å². The Labute approximate surface area is 343 Å². The Balaban J connectivity index is 1.04. The summed E-state index contributed by atoms with van der Waals surface area (Å²) in [5.41, 5.74) is 7.00. The molecule has 0 spiro atoms. The number of nitrogens with zero attached hydrogens (tertiary/aromatic N) is 2. The molecule has 8 aromatic carbocycles. The van der Waals surface area contributed by atoms with E-state index in [0.717, 1.165) is 32.8 Å². The van der Waals surface area contributed by atoms with Crippen LogP contribution in [0.1, 0.15) is 0 Å². The van der Waals surface area contributed by atoms with Gasteiger partial charge in [-0.2, -0.15) is 0 Å². The van der Waals surface area contributed by atoms with Gasteiger partial charge in [-0.05, 0) is 105 Å². The van der Waals surface area contributed by atoms with Crippen molar-refractivity contribution in [2.24, 2.45) is 0 Å². The summed E-state index contributed by atoms with van der Waals surface area (Å²) >= 11 is 5.50. The first kappa shape index (κ1) is 33.8. The first-order chi connectivity index (χ1) is 28.2. The van der Waals surface area contributed by atoms with Crippen LogP contribution >= 0.6 is 34.0 Å². The average Bonchev–Trinajstić information content (AvgIpc) is 4.04. The number of anilines is 6. The topological polar surface area (TPSA) is 6.48 Å². The van der Waals surface area contributed by atoms with Crippen molar-refractivity contribution in [3.8, 4) is 20.9 Å². The minimum absolute atomic E-state index is 1.12. The molecule has 0 bridgehead atoms. The van der Waals surface area contributed by atoms with E-state index in [1.165, 1.54) is 62.6 Å². The zero-order valence-electron chi connectivity index (χ0n) is 30.7. The van der Waals surface area contributed by atoms with Crippen LogP contribution in [0.4, 0.5) is 32.8 Å². The zero-order chi connectivity index (χ0) is 37.7. The lowest BCUT2D eigenvalue weighted by atomic mass is 10.1. The minimum atomic E-state index is 1.12. The quantitative estimate of drug-likeness (QED) is 0.151. The largest absolute Gasteiger partial charge is 0.301 e. The molecule has 0 aliphatic rings. The molecule has 0 saturated carbocycles. The second kappa shape index (κ2) is 14.2. The fraction of sp³-hybridized carbons (Fsp3) is 0. The van der Waals surface area contributed by atoms with Crippen LogP contribution in [0.15, 0.2) is 206 Å². The molecule has 0 atom stereocenters. The van der Waals surface area contributed by atoms with E-state index in [-0.39, 0.29) is 0 Å². The van der Waals surface area contributed by atoms with E-state index in [9.17, 15) is 0 Å². The van der Waals surface area contributed by atoms with Crippen LogP contribution in [0.2, 0.25) is 0 Å². The smallest absolute Gasteiger partial charge is 0.102 e. The summed E-state index contributed by atoms with van der Waals surface area (Å²) in [6.45, 7) is 0. The van der Waals surface area contributed by atoms with Crippen LogP contribution < -0.4 is 9.80 Å². The Morgan fingerprint density at radius 3 is 1.12 bits per heavy atom. The molecule has 11 aromatic rings. The van der Waals surface area contributed by atoms with E-state index in [1.807, 2.05) is 34.0 Å². The molecule has 3 aromatic heterocycles. The molecule has 0 aliphatic heterocycles. The molecule has 270 valence electrons. The number of hydrogen-bond acceptors (Lipinski definition) is 5. The third-order valence-electron chi connectivity index (χ3n) is 10.7. The van der Waals surface area contributed by atoms with Gasteiger partial charge in [0.05, 0.1) is 11.4 Å². The highest BCUT2D eigenvalue weighted by Crippen LogP contribution is 2.49. The Morgan fingerprint density at radius 1 is 0.298 bits per heavy atom. The maximum absolute atomic E-state index is 2.43. The van der Waals surface area contributed by atoms with Crippen molar-refractivity contribution < 1.29 is 0 Å². The molecule has 2 nitrogen and oxygen atoms in total. The number of thiophene rings is 3. The van der Waals surface area contributed by atoms with Crippen molar-refractivity contribution in [1.82, 2.24) is 0 Å². The van der Waals surface area contributed by atoms with Crippen molar-refractivity contribution in [3.05, 3.63) is 206 Å². The van der Waals surface area contributed by atoms with Gasteiger partial charge < -0.3 is 9.80 Å². The molecule has 0 N–H and O–H groups in total. The Hall–Kier alpha value is -6.50. The molecule has 5 heteroatoms. The lowest BCUT2D eigenvalue weighted by Gasteiger charge is -2.27. The van der Waals surface area contributed by atoms with E-state index in [1.54, 1.807) is 0 Å². The third-order valence-corrected chi connectivity index (χ3v) is 14.1. The number of benzene rings is 8. The highest BCUT2D eigenvalue weighted by molar-refractivity contribution is 7.22. The lowest BCUT2D eigenvalue weighted by molar-refractivity contribution is 1.33. The maximum atomic E-state index is 2.43. The van der Waals surface area contributed by atoms with Crippen LogP contribution in [0, 0.1) is 0 Å². The summed E-state index contributed by atoms with van der Waals surface area (Å²) in [6.07, 6.45) is 0. The second-order valence-electron chi connectivity index (χ2n) is 14.2. The predicted molar refractivity (Wildman–Crippen MR) is 250 cm³/mol. The number of fused-ring (bicyclic) bond motifs is 4. The highest BCUT2D eigenvalue weighted by atomic mass is 32.1. The van der Waals surface area contributed by atoms with Crippen molar-refractivity contribution in [3.63, 3.8) is 0 Å². The Bertz CT molecular complexity index is 2910. The van der Waals surface area contributed by atoms with Gasteiger partial charge in [0.1, 0.15) is 10.0 Å². The summed E-state index contributed by atoms with van der Waals surface area (Å²) < 4.78 is 2.62. The standard InChI is InChI=1S/C52H34N2S3/c1-5-17-43-35(11-1)15-9-19-45(43)53(41-27-23-37(24-28-41)49-33-39-13-3-7-21-47(39)55-49)51-31-32-52(57-51)54(46-20-10-16-36-12-2-6-18-44(36)46)42-29-25-38(26-30-42)50-34-40-14-4-8-22-48(40)56-50/h1-34H. The van der Waals surface area contributed by atoms with Gasteiger partial charge in [-0.25, -0.2) is 0 Å². The maximum Gasteiger partial charge on any atom is 0.102 e. The van der Waals surface area contributed by atoms with Crippen molar-refractivity contribution in [1.29, 1.82) is 0 Å². The van der Waals surface area contributed by atoms with Crippen LogP contribution in [-0.2, 0) is 0 Å². The fourth-order valence-corrected chi connectivity index (χ4v) is 11.1. The van der Waals surface area contributed by atoms with Gasteiger partial charge in [-0.1, -0.05) is 145 Å². The van der Waals surface area contributed by atoms with Crippen LogP contribution in [0.3, 0.4) is 0 Å². The SMILES string of the molecule is c1ccc2sc(-c3ccc(N(c4ccc(N(c5ccc(-c6cc7ccccc7s6)cc5)c5cccc6ccccc56)s4)c4cccc5ccccc45)cc3)cc2c1. The molecule has 0 aliphatic carbocycles. The number of hydrogen-bond donors (Lipinski definition) is 0. The van der Waals surface area contributed by atoms with Gasteiger partial charge in [-0.15, -0.1) is 22.7 Å². The molecule has 0 unspecified atom stereocenters. The molecule has 57 heavy (non-hydrogen) atoms. The average molecular weight is 783 g/mol. The second-order valence-corrected chi connectivity index (χ2v) is 17.4. The van der Waals surface area contributed by atoms with Crippen molar-refractivity contribution >= 4 is 108 Å². The third kappa shape index (κ3) is 6.17. The molecule has 0 fully saturated rings. The monoisotopic (exact) mass is 782 g/mol. The van der Waals surface area contributed by atoms with Gasteiger partial charge in [0, 0.05) is 41.3 Å². The minimum Gasteiger partial charge on any atom is -0.301 e. The Morgan fingerprint density at radius 2 is 0.684 bits per heavy atom. The number of rotatable bonds is 8. The van der Waals surface area contributed by atoms with Crippen LogP contribution in [0.5, 0.6) is 0 Å². The van der Waals surface area contributed by atoms with E-state index < -0.39 is 0 Å². The molecule has 0 radical (unpaired) electrons. The summed E-state index contributed by atoms with van der Waals surface area (Å²) in [7, 11) is 0. The van der Waals surface area contributed by atoms with E-state index in [4.69, 9.17) is 0 Å². The summed E-state index contributed by atoms with van der Waals surface area (Å²) in [6, 6.07) is 75.2. The zero-order valence-corrected chi connectivity index (χ0v) is 33.2. The molecular weight excluding hydrogens is 749 g/mol. The van der Waals surface area contributed by atoms with E-state index in [0.29, 0.717) is 0 Å². The predicted octanol–water partition coefficient (Wildman–Crippen LogP) is 16.8. The first-order valence-corrected chi connectivity index (χ1v) is 21.5. The normalized spacial score (nSPS) is 11.5.